The van der Waals surface area contributed by atoms with Crippen LogP contribution in [-0.4, -0.2) is 33.2 Å². The summed E-state index contributed by atoms with van der Waals surface area (Å²) in [6, 6.07) is 0.291. The average Bonchev–Trinajstić information content (AvgIpc) is 2.84. The summed E-state index contributed by atoms with van der Waals surface area (Å²) in [4.78, 5) is 12.0. The lowest BCUT2D eigenvalue weighted by molar-refractivity contribution is 0.380. The minimum Gasteiger partial charge on any atom is -0.467 e. The molecule has 2 heterocycles. The van der Waals surface area contributed by atoms with E-state index < -0.39 is 0 Å². The number of imidazole rings is 1. The number of nitrogens with zero attached hydrogens (tertiary/aromatic N) is 4. The fraction of sp³-hybridized carbons (Fsp3) is 0.300. The topological polar surface area (TPSA) is 64.9 Å². The van der Waals surface area contributed by atoms with Crippen molar-refractivity contribution in [1.29, 1.82) is 0 Å². The molecule has 90 valence electrons. The third-order valence-electron chi connectivity index (χ3n) is 2.13. The van der Waals surface area contributed by atoms with Gasteiger partial charge in [0.1, 0.15) is 5.02 Å². The van der Waals surface area contributed by atoms with Crippen LogP contribution < -0.4 is 10.1 Å². The molecule has 0 atom stereocenters. The Morgan fingerprint density at radius 3 is 3.12 bits per heavy atom. The Morgan fingerprint density at radius 2 is 2.41 bits per heavy atom. The minimum atomic E-state index is 0.291. The predicted molar refractivity (Wildman–Crippen MR) is 64.3 cm³/mol. The zero-order valence-electron chi connectivity index (χ0n) is 9.30. The summed E-state index contributed by atoms with van der Waals surface area (Å²) < 4.78 is 6.88. The van der Waals surface area contributed by atoms with E-state index >= 15 is 0 Å². The Hall–Kier alpha value is -1.82. The maximum absolute atomic E-state index is 5.95. The lowest BCUT2D eigenvalue weighted by Crippen LogP contribution is -2.11. The number of anilines is 1. The van der Waals surface area contributed by atoms with E-state index in [0.29, 0.717) is 23.4 Å². The van der Waals surface area contributed by atoms with Crippen molar-refractivity contribution in [2.45, 2.75) is 6.54 Å². The first-order valence-corrected chi connectivity index (χ1v) is 5.43. The van der Waals surface area contributed by atoms with Gasteiger partial charge in [0.05, 0.1) is 19.6 Å². The number of hydrogen-bond donors (Lipinski definition) is 1. The van der Waals surface area contributed by atoms with Crippen LogP contribution in [-0.2, 0) is 6.54 Å². The molecule has 2 aromatic rings. The molecule has 0 aliphatic heterocycles. The van der Waals surface area contributed by atoms with E-state index in [1.165, 1.54) is 13.3 Å². The van der Waals surface area contributed by atoms with Crippen molar-refractivity contribution in [3.63, 3.8) is 0 Å². The van der Waals surface area contributed by atoms with Gasteiger partial charge in [0.25, 0.3) is 0 Å². The Bertz CT molecular complexity index is 474. The third kappa shape index (κ3) is 3.07. The fourth-order valence-electron chi connectivity index (χ4n) is 1.30. The molecule has 7 heteroatoms. The molecule has 1 N–H and O–H groups in total. The van der Waals surface area contributed by atoms with E-state index in [9.17, 15) is 0 Å². The van der Waals surface area contributed by atoms with Crippen molar-refractivity contribution in [3.05, 3.63) is 29.9 Å². The lowest BCUT2D eigenvalue weighted by atomic mass is 10.5. The van der Waals surface area contributed by atoms with Crippen molar-refractivity contribution in [2.24, 2.45) is 0 Å². The molecule has 2 aromatic heterocycles. The summed E-state index contributed by atoms with van der Waals surface area (Å²) in [5, 5.41) is 3.58. The molecular formula is C10H12ClN5O. The molecule has 17 heavy (non-hydrogen) atoms. The molecule has 0 aliphatic rings. The highest BCUT2D eigenvalue weighted by molar-refractivity contribution is 6.32. The van der Waals surface area contributed by atoms with Gasteiger partial charge >= 0.3 is 6.01 Å². The van der Waals surface area contributed by atoms with Crippen LogP contribution in [0.4, 0.5) is 5.82 Å². The molecule has 0 spiro atoms. The van der Waals surface area contributed by atoms with Gasteiger partial charge in [-0.2, -0.15) is 4.98 Å². The molecule has 0 bridgehead atoms. The van der Waals surface area contributed by atoms with Crippen LogP contribution in [0.5, 0.6) is 6.01 Å². The maximum Gasteiger partial charge on any atom is 0.318 e. The second-order valence-electron chi connectivity index (χ2n) is 3.28. The second kappa shape index (κ2) is 5.49. The average molecular weight is 254 g/mol. The van der Waals surface area contributed by atoms with E-state index in [4.69, 9.17) is 16.3 Å². The minimum absolute atomic E-state index is 0.291. The summed E-state index contributed by atoms with van der Waals surface area (Å²) in [5.74, 6) is 0.568. The first-order chi connectivity index (χ1) is 8.29. The first-order valence-electron chi connectivity index (χ1n) is 5.05. The number of rotatable bonds is 5. The van der Waals surface area contributed by atoms with E-state index in [2.05, 4.69) is 20.3 Å². The summed E-state index contributed by atoms with van der Waals surface area (Å²) in [5.41, 5.74) is 0. The first kappa shape index (κ1) is 11.7. The summed E-state index contributed by atoms with van der Waals surface area (Å²) >= 11 is 5.95. The van der Waals surface area contributed by atoms with Crippen LogP contribution in [0.15, 0.2) is 24.9 Å². The highest BCUT2D eigenvalue weighted by Crippen LogP contribution is 2.19. The highest BCUT2D eigenvalue weighted by atomic mass is 35.5. The van der Waals surface area contributed by atoms with Gasteiger partial charge in [0.2, 0.25) is 0 Å². The Kier molecular flexibility index (Phi) is 3.77. The third-order valence-corrected chi connectivity index (χ3v) is 2.40. The van der Waals surface area contributed by atoms with Gasteiger partial charge in [-0.15, -0.1) is 0 Å². The van der Waals surface area contributed by atoms with Gasteiger partial charge in [-0.25, -0.2) is 9.97 Å². The van der Waals surface area contributed by atoms with Gasteiger partial charge < -0.3 is 14.6 Å². The summed E-state index contributed by atoms with van der Waals surface area (Å²) in [7, 11) is 1.51. The number of ether oxygens (including phenoxy) is 1. The highest BCUT2D eigenvalue weighted by Gasteiger charge is 2.04. The molecule has 0 saturated heterocycles. The van der Waals surface area contributed by atoms with Crippen molar-refractivity contribution < 1.29 is 4.74 Å². The van der Waals surface area contributed by atoms with Crippen molar-refractivity contribution in [2.75, 3.05) is 19.0 Å². The predicted octanol–water partition coefficient (Wildman–Crippen LogP) is 1.45. The molecule has 6 nitrogen and oxygen atoms in total. The van der Waals surface area contributed by atoms with Crippen molar-refractivity contribution >= 4 is 17.4 Å². The maximum atomic E-state index is 5.95. The van der Waals surface area contributed by atoms with Crippen molar-refractivity contribution in [1.82, 2.24) is 19.5 Å². The van der Waals surface area contributed by atoms with Crippen LogP contribution in [0.25, 0.3) is 0 Å². The number of hydrogen-bond acceptors (Lipinski definition) is 5. The largest absolute Gasteiger partial charge is 0.467 e. The van der Waals surface area contributed by atoms with Crippen LogP contribution in [0.2, 0.25) is 5.02 Å². The molecular weight excluding hydrogens is 242 g/mol. The summed E-state index contributed by atoms with van der Waals surface area (Å²) in [6.45, 7) is 1.47. The fourth-order valence-corrected chi connectivity index (χ4v) is 1.45. The van der Waals surface area contributed by atoms with E-state index in [0.717, 1.165) is 6.54 Å². The summed E-state index contributed by atoms with van der Waals surface area (Å²) in [6.07, 6.45) is 6.89. The second-order valence-corrected chi connectivity index (χ2v) is 3.69. The zero-order valence-corrected chi connectivity index (χ0v) is 10.1. The number of halogens is 1. The smallest absolute Gasteiger partial charge is 0.318 e. The van der Waals surface area contributed by atoms with Crippen LogP contribution in [0.1, 0.15) is 0 Å². The Labute approximate surface area is 104 Å². The normalized spacial score (nSPS) is 10.2. The molecule has 2 rings (SSSR count). The Balaban J connectivity index is 1.94. The van der Waals surface area contributed by atoms with Gasteiger partial charge in [-0.1, -0.05) is 11.6 Å². The lowest BCUT2D eigenvalue weighted by Gasteiger charge is -2.08. The molecule has 0 aliphatic carbocycles. The zero-order chi connectivity index (χ0) is 12.1. The molecule has 0 amide bonds. The quantitative estimate of drug-likeness (QED) is 0.874. The molecule has 0 aromatic carbocycles. The molecule has 0 fully saturated rings. The molecule has 0 saturated carbocycles. The number of methoxy groups -OCH3 is 1. The van der Waals surface area contributed by atoms with Gasteiger partial charge in [-0.05, 0) is 0 Å². The molecule has 0 radical (unpaired) electrons. The number of aromatic nitrogens is 4. The monoisotopic (exact) mass is 253 g/mol. The van der Waals surface area contributed by atoms with Crippen LogP contribution >= 0.6 is 11.6 Å². The van der Waals surface area contributed by atoms with E-state index in [1.807, 2.05) is 10.8 Å². The number of nitrogens with one attached hydrogen (secondary N) is 1. The van der Waals surface area contributed by atoms with E-state index in [1.54, 1.807) is 12.5 Å². The van der Waals surface area contributed by atoms with Gasteiger partial charge in [0, 0.05) is 25.5 Å². The Morgan fingerprint density at radius 1 is 1.53 bits per heavy atom. The van der Waals surface area contributed by atoms with E-state index in [-0.39, 0.29) is 0 Å². The van der Waals surface area contributed by atoms with Crippen LogP contribution in [0.3, 0.4) is 0 Å². The molecule has 0 unspecified atom stereocenters. The van der Waals surface area contributed by atoms with Gasteiger partial charge in [0.15, 0.2) is 5.82 Å². The van der Waals surface area contributed by atoms with Crippen molar-refractivity contribution in [3.8, 4) is 6.01 Å². The standard InChI is InChI=1S/C10H12ClN5O/c1-17-10-14-6-8(11)9(15-10)13-3-5-16-4-2-12-7-16/h2,4,6-7H,3,5H2,1H3,(H,13,14,15). The van der Waals surface area contributed by atoms with Gasteiger partial charge in [-0.3, -0.25) is 0 Å². The SMILES string of the molecule is COc1ncc(Cl)c(NCCn2ccnc2)n1. The van der Waals surface area contributed by atoms with Crippen LogP contribution in [0, 0.1) is 0 Å².